The smallest absolute Gasteiger partial charge is 0.123 e. The van der Waals surface area contributed by atoms with Crippen LogP contribution in [-0.4, -0.2) is 38.2 Å². The largest absolute Gasteiger partial charge is 0.496 e. The van der Waals surface area contributed by atoms with Crippen LogP contribution in [0.25, 0.3) is 0 Å². The van der Waals surface area contributed by atoms with E-state index in [1.54, 1.807) is 7.11 Å². The second kappa shape index (κ2) is 5.32. The molecule has 1 aliphatic rings. The van der Waals surface area contributed by atoms with Crippen LogP contribution in [0.5, 0.6) is 5.75 Å². The minimum absolute atomic E-state index is 0.620. The second-order valence-corrected chi connectivity index (χ2v) is 4.44. The lowest BCUT2D eigenvalue weighted by molar-refractivity contribution is 0.391. The molecule has 2 rings (SSSR count). The first-order valence-electron chi connectivity index (χ1n) is 5.83. The molecule has 1 atom stereocenters. The van der Waals surface area contributed by atoms with E-state index in [1.807, 2.05) is 12.1 Å². The van der Waals surface area contributed by atoms with Crippen LogP contribution >= 0.6 is 0 Å². The molecule has 0 spiro atoms. The van der Waals surface area contributed by atoms with Crippen LogP contribution in [0.15, 0.2) is 24.3 Å². The van der Waals surface area contributed by atoms with Crippen LogP contribution in [0, 0.1) is 0 Å². The van der Waals surface area contributed by atoms with E-state index in [2.05, 4.69) is 29.4 Å². The molecule has 1 heterocycles. The molecule has 0 bridgehead atoms. The lowest BCUT2D eigenvalue weighted by Crippen LogP contribution is -2.31. The molecule has 0 amide bonds. The molecule has 1 unspecified atom stereocenters. The maximum atomic E-state index is 5.33. The van der Waals surface area contributed by atoms with Crippen molar-refractivity contribution in [3.8, 4) is 5.75 Å². The zero-order chi connectivity index (χ0) is 11.4. The van der Waals surface area contributed by atoms with Gasteiger partial charge in [0.25, 0.3) is 0 Å². The van der Waals surface area contributed by atoms with E-state index in [9.17, 15) is 0 Å². The van der Waals surface area contributed by atoms with Gasteiger partial charge >= 0.3 is 0 Å². The summed E-state index contributed by atoms with van der Waals surface area (Å²) in [6.45, 7) is 3.24. The van der Waals surface area contributed by atoms with Crippen LogP contribution in [0.1, 0.15) is 12.0 Å². The highest BCUT2D eigenvalue weighted by Crippen LogP contribution is 2.17. The first-order chi connectivity index (χ1) is 7.79. The normalized spacial score (nSPS) is 21.2. The number of methoxy groups -OCH3 is 1. The minimum Gasteiger partial charge on any atom is -0.496 e. The number of likely N-dealkylation sites (tertiary alicyclic amines) is 1. The van der Waals surface area contributed by atoms with Crippen molar-refractivity contribution in [2.75, 3.05) is 27.2 Å². The average molecular weight is 220 g/mol. The molecule has 0 radical (unpaired) electrons. The standard InChI is InChI=1S/C13H20N2O/c1-15-8-7-12(10-15)14-9-11-5-3-4-6-13(11)16-2/h3-6,12,14H,7-10H2,1-2H3. The molecular weight excluding hydrogens is 200 g/mol. The zero-order valence-electron chi connectivity index (χ0n) is 10.1. The molecule has 0 aromatic heterocycles. The van der Waals surface area contributed by atoms with Crippen molar-refractivity contribution in [3.63, 3.8) is 0 Å². The van der Waals surface area contributed by atoms with E-state index < -0.39 is 0 Å². The van der Waals surface area contributed by atoms with E-state index >= 15 is 0 Å². The SMILES string of the molecule is COc1ccccc1CNC1CCN(C)C1. The van der Waals surface area contributed by atoms with Crippen molar-refractivity contribution in [3.05, 3.63) is 29.8 Å². The van der Waals surface area contributed by atoms with Gasteiger partial charge in [-0.3, -0.25) is 0 Å². The molecule has 0 saturated carbocycles. The van der Waals surface area contributed by atoms with Crippen LogP contribution in [0.4, 0.5) is 0 Å². The summed E-state index contributed by atoms with van der Waals surface area (Å²) in [7, 11) is 3.90. The highest BCUT2D eigenvalue weighted by molar-refractivity contribution is 5.33. The van der Waals surface area contributed by atoms with E-state index in [-0.39, 0.29) is 0 Å². The molecule has 1 fully saturated rings. The third-order valence-corrected chi connectivity index (χ3v) is 3.17. The van der Waals surface area contributed by atoms with Gasteiger partial charge in [-0.2, -0.15) is 0 Å². The first-order valence-corrected chi connectivity index (χ1v) is 5.83. The number of rotatable bonds is 4. The lowest BCUT2D eigenvalue weighted by atomic mass is 10.2. The fourth-order valence-corrected chi connectivity index (χ4v) is 2.20. The van der Waals surface area contributed by atoms with Gasteiger partial charge in [0, 0.05) is 24.7 Å². The van der Waals surface area contributed by atoms with Crippen molar-refractivity contribution in [2.24, 2.45) is 0 Å². The van der Waals surface area contributed by atoms with Crippen LogP contribution in [-0.2, 0) is 6.54 Å². The molecule has 1 aromatic rings. The monoisotopic (exact) mass is 220 g/mol. The topological polar surface area (TPSA) is 24.5 Å². The molecule has 1 N–H and O–H groups in total. The average Bonchev–Trinajstić information content (AvgIpc) is 2.73. The summed E-state index contributed by atoms with van der Waals surface area (Å²) in [6, 6.07) is 8.81. The van der Waals surface area contributed by atoms with Gasteiger partial charge in [-0.25, -0.2) is 0 Å². The molecule has 3 heteroatoms. The van der Waals surface area contributed by atoms with E-state index in [0.29, 0.717) is 6.04 Å². The Kier molecular flexibility index (Phi) is 3.80. The molecular formula is C13H20N2O. The van der Waals surface area contributed by atoms with E-state index in [4.69, 9.17) is 4.74 Å². The Morgan fingerprint density at radius 3 is 2.94 bits per heavy atom. The Morgan fingerprint density at radius 2 is 2.25 bits per heavy atom. The molecule has 0 aliphatic carbocycles. The first kappa shape index (κ1) is 11.4. The van der Waals surface area contributed by atoms with Gasteiger partial charge in [-0.05, 0) is 26.1 Å². The molecule has 88 valence electrons. The quantitative estimate of drug-likeness (QED) is 0.832. The van der Waals surface area contributed by atoms with Crippen molar-refractivity contribution < 1.29 is 4.74 Å². The van der Waals surface area contributed by atoms with Crippen LogP contribution < -0.4 is 10.1 Å². The fourth-order valence-electron chi connectivity index (χ4n) is 2.20. The predicted molar refractivity (Wildman–Crippen MR) is 65.7 cm³/mol. The van der Waals surface area contributed by atoms with Gasteiger partial charge in [0.05, 0.1) is 7.11 Å². The summed E-state index contributed by atoms with van der Waals surface area (Å²) in [5, 5.41) is 3.58. The minimum atomic E-state index is 0.620. The number of nitrogens with one attached hydrogen (secondary N) is 1. The molecule has 1 aliphatic heterocycles. The van der Waals surface area contributed by atoms with Gasteiger partial charge in [0.2, 0.25) is 0 Å². The third-order valence-electron chi connectivity index (χ3n) is 3.17. The maximum Gasteiger partial charge on any atom is 0.123 e. The fraction of sp³-hybridized carbons (Fsp3) is 0.538. The van der Waals surface area contributed by atoms with Crippen LogP contribution in [0.3, 0.4) is 0 Å². The Balaban J connectivity index is 1.89. The summed E-state index contributed by atoms with van der Waals surface area (Å²) in [5.74, 6) is 0.973. The Labute approximate surface area is 97.4 Å². The number of hydrogen-bond acceptors (Lipinski definition) is 3. The number of para-hydroxylation sites is 1. The number of benzene rings is 1. The highest BCUT2D eigenvalue weighted by Gasteiger charge is 2.18. The van der Waals surface area contributed by atoms with Gasteiger partial charge in [0.1, 0.15) is 5.75 Å². The maximum absolute atomic E-state index is 5.33. The number of likely N-dealkylation sites (N-methyl/N-ethyl adjacent to an activating group) is 1. The zero-order valence-corrected chi connectivity index (χ0v) is 10.1. The van der Waals surface area contributed by atoms with Crippen molar-refractivity contribution >= 4 is 0 Å². The highest BCUT2D eigenvalue weighted by atomic mass is 16.5. The second-order valence-electron chi connectivity index (χ2n) is 4.44. The number of hydrogen-bond donors (Lipinski definition) is 1. The summed E-state index contributed by atoms with van der Waals surface area (Å²) in [4.78, 5) is 2.36. The molecule has 16 heavy (non-hydrogen) atoms. The van der Waals surface area contributed by atoms with Gasteiger partial charge in [0.15, 0.2) is 0 Å². The molecule has 1 aromatic carbocycles. The van der Waals surface area contributed by atoms with Crippen molar-refractivity contribution in [2.45, 2.75) is 19.0 Å². The Hall–Kier alpha value is -1.06. The summed E-state index contributed by atoms with van der Waals surface area (Å²) in [5.41, 5.74) is 1.24. The Bertz CT molecular complexity index is 340. The van der Waals surface area contributed by atoms with Gasteiger partial charge < -0.3 is 15.0 Å². The van der Waals surface area contributed by atoms with E-state index in [1.165, 1.54) is 18.5 Å². The molecule has 1 saturated heterocycles. The Morgan fingerprint density at radius 1 is 1.44 bits per heavy atom. The van der Waals surface area contributed by atoms with E-state index in [0.717, 1.165) is 18.8 Å². The van der Waals surface area contributed by atoms with Crippen molar-refractivity contribution in [1.29, 1.82) is 0 Å². The third kappa shape index (κ3) is 2.74. The summed E-state index contributed by atoms with van der Waals surface area (Å²) in [6.07, 6.45) is 1.24. The van der Waals surface area contributed by atoms with Crippen molar-refractivity contribution in [1.82, 2.24) is 10.2 Å². The summed E-state index contributed by atoms with van der Waals surface area (Å²) >= 11 is 0. The van der Waals surface area contributed by atoms with Crippen LogP contribution in [0.2, 0.25) is 0 Å². The van der Waals surface area contributed by atoms with Gasteiger partial charge in [-0.15, -0.1) is 0 Å². The summed E-state index contributed by atoms with van der Waals surface area (Å²) < 4.78 is 5.33. The number of nitrogens with zero attached hydrogens (tertiary/aromatic N) is 1. The molecule has 3 nitrogen and oxygen atoms in total. The number of ether oxygens (including phenoxy) is 1. The van der Waals surface area contributed by atoms with Gasteiger partial charge in [-0.1, -0.05) is 18.2 Å². The lowest BCUT2D eigenvalue weighted by Gasteiger charge is -2.14. The predicted octanol–water partition coefficient (Wildman–Crippen LogP) is 1.49.